The lowest BCUT2D eigenvalue weighted by Crippen LogP contribution is -2.47. The highest BCUT2D eigenvalue weighted by atomic mass is 16.7. The molecule has 0 aliphatic carbocycles. The van der Waals surface area contributed by atoms with Crippen LogP contribution in [0.4, 0.5) is 0 Å². The number of carbonyl (C=O) groups is 1. The second-order valence-corrected chi connectivity index (χ2v) is 10.3. The third-order valence-electron chi connectivity index (χ3n) is 7.72. The fourth-order valence-electron chi connectivity index (χ4n) is 5.50. The molecule has 2 N–H and O–H groups in total. The summed E-state index contributed by atoms with van der Waals surface area (Å²) in [5.41, 5.74) is 0.965. The standard InChI is InChI=1S/C31H30N2O8/c1-32-8-10-33(11-9-32)27(37)14-20(19-12-25(38-2)30-26(13-19)39-17-40-30)28-21(34)15-22(35)29-23(36)16-24(41-31(28)29)18-6-4-3-5-7-18/h3-7,12-13,15-16,20,34-35H,8-11,14,17H2,1-2H3/t20-/m1/s1. The van der Waals surface area contributed by atoms with E-state index in [1.165, 1.54) is 13.2 Å². The average molecular weight is 559 g/mol. The Labute approximate surface area is 235 Å². The van der Waals surface area contributed by atoms with Gasteiger partial charge in [-0.2, -0.15) is 0 Å². The third kappa shape index (κ3) is 4.91. The number of fused-ring (bicyclic) bond motifs is 2. The maximum Gasteiger partial charge on any atom is 0.231 e. The van der Waals surface area contributed by atoms with E-state index in [0.717, 1.165) is 19.2 Å². The van der Waals surface area contributed by atoms with E-state index in [1.54, 1.807) is 29.2 Å². The number of piperazine rings is 1. The average Bonchev–Trinajstić information content (AvgIpc) is 3.45. The topological polar surface area (TPSA) is 122 Å². The molecule has 0 saturated carbocycles. The summed E-state index contributed by atoms with van der Waals surface area (Å²) in [6.45, 7) is 2.65. The maximum atomic E-state index is 13.7. The molecule has 1 fully saturated rings. The molecular weight excluding hydrogens is 528 g/mol. The molecule has 2 aliphatic rings. The first-order chi connectivity index (χ1) is 19.8. The fourth-order valence-corrected chi connectivity index (χ4v) is 5.50. The van der Waals surface area contributed by atoms with Crippen molar-refractivity contribution in [2.24, 2.45) is 0 Å². The number of carbonyl (C=O) groups excluding carboxylic acids is 1. The Kier molecular flexibility index (Phi) is 6.92. The second kappa shape index (κ2) is 10.7. The molecule has 1 atom stereocenters. The summed E-state index contributed by atoms with van der Waals surface area (Å²) in [6, 6.07) is 15.0. The van der Waals surface area contributed by atoms with E-state index < -0.39 is 17.1 Å². The number of hydrogen-bond acceptors (Lipinski definition) is 9. The third-order valence-corrected chi connectivity index (χ3v) is 7.72. The van der Waals surface area contributed by atoms with Gasteiger partial charge in [0.05, 0.1) is 7.11 Å². The van der Waals surface area contributed by atoms with Crippen LogP contribution in [-0.4, -0.2) is 73.0 Å². The molecular formula is C31H30N2O8. The van der Waals surface area contributed by atoms with E-state index in [0.29, 0.717) is 41.5 Å². The summed E-state index contributed by atoms with van der Waals surface area (Å²) in [4.78, 5) is 31.0. The van der Waals surface area contributed by atoms with Crippen molar-refractivity contribution < 1.29 is 33.6 Å². The number of phenols is 2. The van der Waals surface area contributed by atoms with Crippen molar-refractivity contribution in [2.45, 2.75) is 12.3 Å². The number of rotatable bonds is 6. The van der Waals surface area contributed by atoms with Gasteiger partial charge in [0.15, 0.2) is 16.9 Å². The molecule has 0 unspecified atom stereocenters. The SMILES string of the molecule is COc1cc([C@@H](CC(=O)N2CCN(C)CC2)c2c(O)cc(O)c3c(=O)cc(-c4ccccc4)oc23)cc2c1OCO2. The van der Waals surface area contributed by atoms with E-state index >= 15 is 0 Å². The lowest BCUT2D eigenvalue weighted by Gasteiger charge is -2.33. The number of amides is 1. The molecule has 10 heteroatoms. The van der Waals surface area contributed by atoms with Gasteiger partial charge >= 0.3 is 0 Å². The molecule has 2 aliphatic heterocycles. The maximum absolute atomic E-state index is 13.7. The van der Waals surface area contributed by atoms with Crippen molar-refractivity contribution in [1.29, 1.82) is 0 Å². The van der Waals surface area contributed by atoms with Gasteiger partial charge in [0.2, 0.25) is 18.4 Å². The van der Waals surface area contributed by atoms with Crippen molar-refractivity contribution in [2.75, 3.05) is 47.1 Å². The summed E-state index contributed by atoms with van der Waals surface area (Å²) < 4.78 is 23.1. The van der Waals surface area contributed by atoms with Crippen molar-refractivity contribution >= 4 is 16.9 Å². The zero-order chi connectivity index (χ0) is 28.7. The molecule has 1 amide bonds. The highest BCUT2D eigenvalue weighted by Gasteiger charge is 2.32. The van der Waals surface area contributed by atoms with Gasteiger partial charge in [0.25, 0.3) is 0 Å². The summed E-state index contributed by atoms with van der Waals surface area (Å²) in [6.07, 6.45) is -0.0424. The van der Waals surface area contributed by atoms with Crippen LogP contribution >= 0.6 is 0 Å². The fraction of sp³-hybridized carbons (Fsp3) is 0.290. The Hall–Kier alpha value is -4.70. The second-order valence-electron chi connectivity index (χ2n) is 10.3. The number of phenolic OH excluding ortho intramolecular Hbond substituents is 2. The van der Waals surface area contributed by atoms with Crippen LogP contribution in [-0.2, 0) is 4.79 Å². The zero-order valence-electron chi connectivity index (χ0n) is 22.8. The Balaban J connectivity index is 1.56. The van der Waals surface area contributed by atoms with Crippen LogP contribution in [0.1, 0.15) is 23.5 Å². The minimum atomic E-state index is -0.789. The van der Waals surface area contributed by atoms with Gasteiger partial charge in [0.1, 0.15) is 28.2 Å². The highest BCUT2D eigenvalue weighted by molar-refractivity contribution is 5.91. The summed E-state index contributed by atoms with van der Waals surface area (Å²) in [5.74, 6) is -0.0887. The van der Waals surface area contributed by atoms with Crippen LogP contribution in [0.5, 0.6) is 28.7 Å². The molecule has 0 spiro atoms. The molecule has 3 aromatic carbocycles. The lowest BCUT2D eigenvalue weighted by atomic mass is 9.85. The highest BCUT2D eigenvalue weighted by Crippen LogP contribution is 2.48. The number of likely N-dealkylation sites (N-methyl/N-ethyl adjacent to an activating group) is 1. The van der Waals surface area contributed by atoms with Crippen molar-refractivity contribution in [3.63, 3.8) is 0 Å². The predicted molar refractivity (Wildman–Crippen MR) is 151 cm³/mol. The van der Waals surface area contributed by atoms with Crippen LogP contribution in [0.25, 0.3) is 22.3 Å². The lowest BCUT2D eigenvalue weighted by molar-refractivity contribution is -0.133. The Bertz CT molecular complexity index is 1680. The quantitative estimate of drug-likeness (QED) is 0.363. The molecule has 10 nitrogen and oxygen atoms in total. The first-order valence-corrected chi connectivity index (χ1v) is 13.4. The molecule has 212 valence electrons. The van der Waals surface area contributed by atoms with E-state index in [1.807, 2.05) is 25.2 Å². The molecule has 4 aromatic rings. The predicted octanol–water partition coefficient (Wildman–Crippen LogP) is 3.90. The van der Waals surface area contributed by atoms with Crippen LogP contribution in [0.2, 0.25) is 0 Å². The van der Waals surface area contributed by atoms with E-state index in [2.05, 4.69) is 4.90 Å². The van der Waals surface area contributed by atoms with Crippen molar-refractivity contribution in [3.8, 4) is 40.1 Å². The molecule has 0 radical (unpaired) electrons. The molecule has 6 rings (SSSR count). The largest absolute Gasteiger partial charge is 0.507 e. The molecule has 41 heavy (non-hydrogen) atoms. The first-order valence-electron chi connectivity index (χ1n) is 13.4. The van der Waals surface area contributed by atoms with Crippen LogP contribution in [0, 0.1) is 0 Å². The smallest absolute Gasteiger partial charge is 0.231 e. The normalized spacial score (nSPS) is 15.7. The van der Waals surface area contributed by atoms with Crippen LogP contribution < -0.4 is 19.6 Å². The Morgan fingerprint density at radius 3 is 2.49 bits per heavy atom. The van der Waals surface area contributed by atoms with Gasteiger partial charge < -0.3 is 38.6 Å². The number of benzene rings is 3. The number of hydrogen-bond donors (Lipinski definition) is 2. The monoisotopic (exact) mass is 558 g/mol. The van der Waals surface area contributed by atoms with Gasteiger partial charge in [0, 0.05) is 61.8 Å². The number of ether oxygens (including phenoxy) is 3. The molecule has 1 aromatic heterocycles. The van der Waals surface area contributed by atoms with Gasteiger partial charge in [-0.1, -0.05) is 30.3 Å². The van der Waals surface area contributed by atoms with Gasteiger partial charge in [-0.05, 0) is 24.7 Å². The van der Waals surface area contributed by atoms with Crippen molar-refractivity contribution in [3.05, 3.63) is 75.9 Å². The first kappa shape index (κ1) is 26.5. The minimum Gasteiger partial charge on any atom is -0.507 e. The van der Waals surface area contributed by atoms with E-state index in [9.17, 15) is 19.8 Å². The van der Waals surface area contributed by atoms with Crippen molar-refractivity contribution in [1.82, 2.24) is 9.80 Å². The van der Waals surface area contributed by atoms with Gasteiger partial charge in [-0.15, -0.1) is 0 Å². The summed E-state index contributed by atoms with van der Waals surface area (Å²) >= 11 is 0. The zero-order valence-corrected chi connectivity index (χ0v) is 22.8. The summed E-state index contributed by atoms with van der Waals surface area (Å²) in [7, 11) is 3.51. The molecule has 0 bridgehead atoms. The van der Waals surface area contributed by atoms with Crippen LogP contribution in [0.3, 0.4) is 0 Å². The Morgan fingerprint density at radius 1 is 1.00 bits per heavy atom. The molecule has 1 saturated heterocycles. The number of methoxy groups -OCH3 is 1. The van der Waals surface area contributed by atoms with E-state index in [4.69, 9.17) is 18.6 Å². The Morgan fingerprint density at radius 2 is 1.76 bits per heavy atom. The van der Waals surface area contributed by atoms with Gasteiger partial charge in [-0.3, -0.25) is 9.59 Å². The summed E-state index contributed by atoms with van der Waals surface area (Å²) in [5, 5.41) is 22.0. The van der Waals surface area contributed by atoms with Crippen LogP contribution in [0.15, 0.2) is 63.8 Å². The number of aromatic hydroxyl groups is 2. The number of nitrogens with zero attached hydrogens (tertiary/aromatic N) is 2. The van der Waals surface area contributed by atoms with E-state index in [-0.39, 0.29) is 47.2 Å². The van der Waals surface area contributed by atoms with Gasteiger partial charge in [-0.25, -0.2) is 0 Å². The minimum absolute atomic E-state index is 0.00154. The molecule has 3 heterocycles.